The van der Waals surface area contributed by atoms with Crippen molar-refractivity contribution in [3.05, 3.63) is 23.0 Å². The van der Waals surface area contributed by atoms with Gasteiger partial charge in [0, 0.05) is 13.1 Å². The maximum Gasteiger partial charge on any atom is 0.255 e. The van der Waals surface area contributed by atoms with Gasteiger partial charge in [-0.3, -0.25) is 4.79 Å². The predicted molar refractivity (Wildman–Crippen MR) is 69.2 cm³/mol. The van der Waals surface area contributed by atoms with Gasteiger partial charge in [0.1, 0.15) is 0 Å². The number of carbonyl (C=O) groups is 1. The van der Waals surface area contributed by atoms with Gasteiger partial charge in [-0.1, -0.05) is 0 Å². The molecule has 2 heterocycles. The Bertz CT molecular complexity index is 439. The van der Waals surface area contributed by atoms with Crippen molar-refractivity contribution in [2.75, 3.05) is 19.6 Å². The molecule has 0 spiro atoms. The molecule has 0 unspecified atom stereocenters. The monoisotopic (exact) mass is 248 g/mol. The molecule has 0 aromatic carbocycles. The van der Waals surface area contributed by atoms with Crippen molar-refractivity contribution >= 4 is 5.91 Å². The van der Waals surface area contributed by atoms with Crippen LogP contribution in [-0.4, -0.2) is 40.6 Å². The Labute approximate surface area is 107 Å². The van der Waals surface area contributed by atoms with Crippen LogP contribution in [0.3, 0.4) is 0 Å². The third-order valence-electron chi connectivity index (χ3n) is 3.57. The number of piperidine rings is 1. The highest BCUT2D eigenvalue weighted by Gasteiger charge is 2.24. The van der Waals surface area contributed by atoms with Gasteiger partial charge in [-0.25, -0.2) is 0 Å². The van der Waals surface area contributed by atoms with Gasteiger partial charge in [0.15, 0.2) is 0 Å². The number of rotatable bonds is 2. The number of carbonyl (C=O) groups excluding carboxylic acids is 1. The van der Waals surface area contributed by atoms with Crippen molar-refractivity contribution < 1.29 is 4.79 Å². The largest absolute Gasteiger partial charge is 0.339 e. The molecule has 5 nitrogen and oxygen atoms in total. The molecule has 98 valence electrons. The van der Waals surface area contributed by atoms with Crippen LogP contribution in [0.4, 0.5) is 0 Å². The summed E-state index contributed by atoms with van der Waals surface area (Å²) < 4.78 is 0. The Morgan fingerprint density at radius 1 is 1.39 bits per heavy atom. The molecule has 1 amide bonds. The molecule has 0 radical (unpaired) electrons. The Balaban J connectivity index is 2.10. The number of nitrogens with two attached hydrogens (primary N) is 1. The average molecular weight is 248 g/mol. The summed E-state index contributed by atoms with van der Waals surface area (Å²) in [5.41, 5.74) is 7.81. The number of aryl methyl sites for hydroxylation is 2. The summed E-state index contributed by atoms with van der Waals surface area (Å²) in [7, 11) is 0. The molecular weight excluding hydrogens is 228 g/mol. The second kappa shape index (κ2) is 5.44. The lowest BCUT2D eigenvalue weighted by Crippen LogP contribution is -2.40. The van der Waals surface area contributed by atoms with Crippen LogP contribution in [0.1, 0.15) is 34.6 Å². The molecule has 0 atom stereocenters. The second-order valence-electron chi connectivity index (χ2n) is 4.96. The quantitative estimate of drug-likeness (QED) is 0.844. The van der Waals surface area contributed by atoms with Crippen LogP contribution in [0, 0.1) is 19.8 Å². The molecule has 0 saturated carbocycles. The minimum atomic E-state index is 0.0703. The zero-order chi connectivity index (χ0) is 13.1. The fourth-order valence-corrected chi connectivity index (χ4v) is 2.31. The number of nitrogens with zero attached hydrogens (tertiary/aromatic N) is 3. The molecule has 2 N–H and O–H groups in total. The van der Waals surface area contributed by atoms with E-state index in [9.17, 15) is 4.79 Å². The fraction of sp³-hybridized carbons (Fsp3) is 0.615. The van der Waals surface area contributed by atoms with E-state index in [-0.39, 0.29) is 5.91 Å². The Hall–Kier alpha value is -1.49. The summed E-state index contributed by atoms with van der Waals surface area (Å²) >= 11 is 0. The van der Waals surface area contributed by atoms with Gasteiger partial charge in [0.25, 0.3) is 5.91 Å². The van der Waals surface area contributed by atoms with Crippen LogP contribution in [-0.2, 0) is 0 Å². The summed E-state index contributed by atoms with van der Waals surface area (Å²) in [6.07, 6.45) is 2.00. The lowest BCUT2D eigenvalue weighted by atomic mass is 9.96. The van der Waals surface area contributed by atoms with Gasteiger partial charge in [-0.15, -0.1) is 0 Å². The molecule has 0 aliphatic carbocycles. The first kappa shape index (κ1) is 13.0. The number of hydrogen-bond acceptors (Lipinski definition) is 4. The van der Waals surface area contributed by atoms with Gasteiger partial charge in [-0.05, 0) is 45.2 Å². The van der Waals surface area contributed by atoms with Crippen LogP contribution in [0.2, 0.25) is 0 Å². The molecule has 1 aliphatic rings. The summed E-state index contributed by atoms with van der Waals surface area (Å²) in [5, 5.41) is 7.96. The maximum atomic E-state index is 12.4. The van der Waals surface area contributed by atoms with E-state index in [0.717, 1.165) is 38.2 Å². The first-order chi connectivity index (χ1) is 8.61. The number of likely N-dealkylation sites (tertiary alicyclic amines) is 1. The summed E-state index contributed by atoms with van der Waals surface area (Å²) in [4.78, 5) is 14.3. The molecule has 1 saturated heterocycles. The van der Waals surface area contributed by atoms with Crippen molar-refractivity contribution in [1.29, 1.82) is 0 Å². The van der Waals surface area contributed by atoms with Gasteiger partial charge >= 0.3 is 0 Å². The first-order valence-electron chi connectivity index (χ1n) is 6.42. The molecule has 0 bridgehead atoms. The lowest BCUT2D eigenvalue weighted by molar-refractivity contribution is 0.0692. The number of aromatic nitrogens is 2. The van der Waals surface area contributed by atoms with Crippen LogP contribution < -0.4 is 5.73 Å². The van der Waals surface area contributed by atoms with Crippen molar-refractivity contribution in [1.82, 2.24) is 15.1 Å². The van der Waals surface area contributed by atoms with Gasteiger partial charge in [0.2, 0.25) is 0 Å². The van der Waals surface area contributed by atoms with Gasteiger partial charge < -0.3 is 10.6 Å². The highest BCUT2D eigenvalue weighted by molar-refractivity contribution is 5.95. The van der Waals surface area contributed by atoms with Crippen LogP contribution in [0.15, 0.2) is 6.07 Å². The summed E-state index contributed by atoms with van der Waals surface area (Å²) in [6.45, 7) is 5.98. The smallest absolute Gasteiger partial charge is 0.255 e. The van der Waals surface area contributed by atoms with Crippen molar-refractivity contribution in [2.45, 2.75) is 26.7 Å². The molecule has 1 fully saturated rings. The summed E-state index contributed by atoms with van der Waals surface area (Å²) in [6, 6.07) is 1.82. The molecule has 2 rings (SSSR count). The average Bonchev–Trinajstić information content (AvgIpc) is 2.41. The van der Waals surface area contributed by atoms with Crippen LogP contribution in [0.5, 0.6) is 0 Å². The predicted octanol–water partition coefficient (Wildman–Crippen LogP) is 0.904. The van der Waals surface area contributed by atoms with E-state index in [4.69, 9.17) is 5.73 Å². The van der Waals surface area contributed by atoms with Gasteiger partial charge in [0.05, 0.1) is 17.0 Å². The summed E-state index contributed by atoms with van der Waals surface area (Å²) in [5.74, 6) is 0.633. The minimum Gasteiger partial charge on any atom is -0.339 e. The molecule has 1 aliphatic heterocycles. The Morgan fingerprint density at radius 3 is 2.67 bits per heavy atom. The maximum absolute atomic E-state index is 12.4. The standard InChI is InChI=1S/C13H20N4O/c1-9-7-12(10(2)16-15-9)13(18)17-5-3-11(8-14)4-6-17/h7,11H,3-6,8,14H2,1-2H3. The van der Waals surface area contributed by atoms with Gasteiger partial charge in [-0.2, -0.15) is 10.2 Å². The van der Waals surface area contributed by atoms with E-state index in [1.807, 2.05) is 24.8 Å². The number of amides is 1. The molecule has 1 aromatic rings. The van der Waals surface area contributed by atoms with E-state index in [1.165, 1.54) is 0 Å². The third kappa shape index (κ3) is 2.67. The van der Waals surface area contributed by atoms with Crippen molar-refractivity contribution in [3.8, 4) is 0 Å². The van der Waals surface area contributed by atoms with E-state index < -0.39 is 0 Å². The zero-order valence-electron chi connectivity index (χ0n) is 11.0. The molecular formula is C13H20N4O. The second-order valence-corrected chi connectivity index (χ2v) is 4.96. The van der Waals surface area contributed by atoms with Crippen molar-refractivity contribution in [3.63, 3.8) is 0 Å². The molecule has 5 heteroatoms. The van der Waals surface area contributed by atoms with E-state index >= 15 is 0 Å². The normalized spacial score (nSPS) is 16.9. The molecule has 18 heavy (non-hydrogen) atoms. The highest BCUT2D eigenvalue weighted by Crippen LogP contribution is 2.18. The number of hydrogen-bond donors (Lipinski definition) is 1. The minimum absolute atomic E-state index is 0.0703. The fourth-order valence-electron chi connectivity index (χ4n) is 2.31. The van der Waals surface area contributed by atoms with Crippen LogP contribution in [0.25, 0.3) is 0 Å². The Kier molecular flexibility index (Phi) is 3.91. The zero-order valence-corrected chi connectivity index (χ0v) is 11.0. The SMILES string of the molecule is Cc1cc(C(=O)N2CCC(CN)CC2)c(C)nn1. The van der Waals surface area contributed by atoms with E-state index in [1.54, 1.807) is 0 Å². The van der Waals surface area contributed by atoms with Crippen LogP contribution >= 0.6 is 0 Å². The topological polar surface area (TPSA) is 72.1 Å². The third-order valence-corrected chi connectivity index (χ3v) is 3.57. The van der Waals surface area contributed by atoms with E-state index in [2.05, 4.69) is 10.2 Å². The Morgan fingerprint density at radius 2 is 2.06 bits per heavy atom. The van der Waals surface area contributed by atoms with Crippen molar-refractivity contribution in [2.24, 2.45) is 11.7 Å². The lowest BCUT2D eigenvalue weighted by Gasteiger charge is -2.31. The molecule has 1 aromatic heterocycles. The van der Waals surface area contributed by atoms with E-state index in [0.29, 0.717) is 17.2 Å². The highest BCUT2D eigenvalue weighted by atomic mass is 16.2. The first-order valence-corrected chi connectivity index (χ1v) is 6.42.